The van der Waals surface area contributed by atoms with Gasteiger partial charge >= 0.3 is 6.09 Å². The molecule has 0 fully saturated rings. The summed E-state index contributed by atoms with van der Waals surface area (Å²) in [5, 5.41) is 11.9. The van der Waals surface area contributed by atoms with Gasteiger partial charge in [-0.3, -0.25) is 15.1 Å². The van der Waals surface area contributed by atoms with E-state index in [1.54, 1.807) is 7.05 Å². The fourth-order valence-electron chi connectivity index (χ4n) is 2.53. The Morgan fingerprint density at radius 1 is 1.03 bits per heavy atom. The molecule has 8 heteroatoms. The van der Waals surface area contributed by atoms with Crippen molar-refractivity contribution < 1.29 is 14.3 Å². The van der Waals surface area contributed by atoms with Gasteiger partial charge in [0, 0.05) is 25.8 Å². The number of ether oxygens (including phenoxy) is 1. The number of rotatable bonds is 8. The predicted octanol–water partition coefficient (Wildman–Crippen LogP) is 2.90. The highest BCUT2D eigenvalue weighted by molar-refractivity contribution is 5.85. The van der Waals surface area contributed by atoms with E-state index in [4.69, 9.17) is 4.74 Å². The third-order valence-corrected chi connectivity index (χ3v) is 4.12. The van der Waals surface area contributed by atoms with E-state index in [2.05, 4.69) is 26.3 Å². The van der Waals surface area contributed by atoms with Gasteiger partial charge in [-0.25, -0.2) is 4.79 Å². The molecule has 0 radical (unpaired) electrons. The van der Waals surface area contributed by atoms with Gasteiger partial charge in [0.25, 0.3) is 0 Å². The molecular weight excluding hydrogens is 382 g/mol. The Hall–Kier alpha value is -2.77. The molecule has 1 aromatic rings. The number of amides is 2. The van der Waals surface area contributed by atoms with Crippen LogP contribution in [-0.4, -0.2) is 50.2 Å². The molecule has 0 aliphatic heterocycles. The monoisotopic (exact) mass is 419 g/mol. The summed E-state index contributed by atoms with van der Waals surface area (Å²) < 4.78 is 5.25. The Morgan fingerprint density at radius 2 is 1.67 bits per heavy atom. The van der Waals surface area contributed by atoms with Crippen LogP contribution in [0.4, 0.5) is 10.5 Å². The number of benzene rings is 1. The molecule has 0 saturated heterocycles. The Labute approximate surface area is 180 Å². The Morgan fingerprint density at radius 3 is 2.20 bits per heavy atom. The van der Waals surface area contributed by atoms with Crippen molar-refractivity contribution in [2.24, 2.45) is 10.4 Å². The summed E-state index contributed by atoms with van der Waals surface area (Å²) in [6.45, 7) is 13.0. The van der Waals surface area contributed by atoms with Gasteiger partial charge in [-0.05, 0) is 65.7 Å². The van der Waals surface area contributed by atoms with Gasteiger partial charge in [0.1, 0.15) is 5.60 Å². The standard InChI is InChI=1S/C22H37N5O3/c1-8-24-19(26-15-22(5,6)18(28)23-7)25-14-13-16-9-11-17(12-10-16)27-20(29)30-21(2,3)4/h9-12H,8,13-15H2,1-7H3,(H,23,28)(H,27,29)(H2,24,25,26). The first-order valence-electron chi connectivity index (χ1n) is 10.3. The van der Waals surface area contributed by atoms with E-state index >= 15 is 0 Å². The summed E-state index contributed by atoms with van der Waals surface area (Å²) >= 11 is 0. The smallest absolute Gasteiger partial charge is 0.412 e. The molecular formula is C22H37N5O3. The topological polar surface area (TPSA) is 104 Å². The zero-order valence-corrected chi connectivity index (χ0v) is 19.3. The highest BCUT2D eigenvalue weighted by Crippen LogP contribution is 2.15. The number of guanidine groups is 1. The first-order chi connectivity index (χ1) is 14.0. The van der Waals surface area contributed by atoms with E-state index in [0.29, 0.717) is 24.7 Å². The zero-order valence-electron chi connectivity index (χ0n) is 19.3. The number of anilines is 1. The summed E-state index contributed by atoms with van der Waals surface area (Å²) in [6.07, 6.45) is 0.318. The molecule has 2 amide bonds. The maximum absolute atomic E-state index is 11.9. The average Bonchev–Trinajstić information content (AvgIpc) is 2.65. The highest BCUT2D eigenvalue weighted by Gasteiger charge is 2.26. The summed E-state index contributed by atoms with van der Waals surface area (Å²) in [4.78, 5) is 28.3. The quantitative estimate of drug-likeness (QED) is 0.383. The molecule has 0 saturated carbocycles. The molecule has 0 aliphatic carbocycles. The van der Waals surface area contributed by atoms with Crippen molar-refractivity contribution >= 4 is 23.6 Å². The molecule has 0 aromatic heterocycles. The van der Waals surface area contributed by atoms with E-state index in [0.717, 1.165) is 18.5 Å². The molecule has 4 N–H and O–H groups in total. The molecule has 0 heterocycles. The number of nitrogens with one attached hydrogen (secondary N) is 4. The fraction of sp³-hybridized carbons (Fsp3) is 0.591. The summed E-state index contributed by atoms with van der Waals surface area (Å²) in [5.74, 6) is 0.639. The summed E-state index contributed by atoms with van der Waals surface area (Å²) in [5.41, 5.74) is 0.705. The van der Waals surface area contributed by atoms with Gasteiger partial charge in [0.2, 0.25) is 5.91 Å². The number of nitrogens with zero attached hydrogens (tertiary/aromatic N) is 1. The third kappa shape index (κ3) is 9.62. The van der Waals surface area contributed by atoms with Crippen LogP contribution in [0.1, 0.15) is 47.1 Å². The number of hydrogen-bond acceptors (Lipinski definition) is 4. The van der Waals surface area contributed by atoms with Crippen molar-refractivity contribution in [2.45, 2.75) is 53.6 Å². The van der Waals surface area contributed by atoms with Gasteiger partial charge in [-0.1, -0.05) is 12.1 Å². The van der Waals surface area contributed by atoms with Crippen molar-refractivity contribution in [3.63, 3.8) is 0 Å². The van der Waals surface area contributed by atoms with Crippen LogP contribution >= 0.6 is 0 Å². The Kier molecular flexibility index (Phi) is 9.62. The van der Waals surface area contributed by atoms with Crippen LogP contribution in [0, 0.1) is 5.41 Å². The molecule has 30 heavy (non-hydrogen) atoms. The van der Waals surface area contributed by atoms with Gasteiger partial charge < -0.3 is 20.7 Å². The molecule has 0 atom stereocenters. The molecule has 0 spiro atoms. The van der Waals surface area contributed by atoms with Crippen LogP contribution in [0.15, 0.2) is 29.3 Å². The molecule has 1 rings (SSSR count). The molecule has 0 aliphatic rings. The molecule has 0 bridgehead atoms. The molecule has 8 nitrogen and oxygen atoms in total. The van der Waals surface area contributed by atoms with Crippen LogP contribution in [0.25, 0.3) is 0 Å². The minimum absolute atomic E-state index is 0.0396. The van der Waals surface area contributed by atoms with E-state index in [1.165, 1.54) is 0 Å². The van der Waals surface area contributed by atoms with Crippen LogP contribution in [-0.2, 0) is 16.0 Å². The van der Waals surface area contributed by atoms with Crippen molar-refractivity contribution in [1.82, 2.24) is 16.0 Å². The normalized spacial score (nSPS) is 12.2. The molecule has 0 unspecified atom stereocenters. The maximum Gasteiger partial charge on any atom is 0.412 e. The Bertz CT molecular complexity index is 721. The molecule has 1 aromatic carbocycles. The van der Waals surface area contributed by atoms with Crippen molar-refractivity contribution in [3.8, 4) is 0 Å². The highest BCUT2D eigenvalue weighted by atomic mass is 16.6. The maximum atomic E-state index is 11.9. The van der Waals surface area contributed by atoms with E-state index in [-0.39, 0.29) is 5.91 Å². The lowest BCUT2D eigenvalue weighted by Gasteiger charge is -2.21. The largest absolute Gasteiger partial charge is 0.444 e. The number of aliphatic imine (C=N–C) groups is 1. The van der Waals surface area contributed by atoms with E-state index < -0.39 is 17.1 Å². The first kappa shape index (κ1) is 25.3. The van der Waals surface area contributed by atoms with Crippen molar-refractivity contribution in [2.75, 3.05) is 32.0 Å². The fourth-order valence-corrected chi connectivity index (χ4v) is 2.53. The van der Waals surface area contributed by atoms with E-state index in [1.807, 2.05) is 65.8 Å². The van der Waals surface area contributed by atoms with Crippen LogP contribution in [0.2, 0.25) is 0 Å². The lowest BCUT2D eigenvalue weighted by atomic mass is 9.93. The van der Waals surface area contributed by atoms with Gasteiger partial charge in [-0.15, -0.1) is 0 Å². The zero-order chi connectivity index (χ0) is 22.8. The van der Waals surface area contributed by atoms with Gasteiger partial charge in [-0.2, -0.15) is 0 Å². The number of carbonyl (C=O) groups excluding carboxylic acids is 2. The predicted molar refractivity (Wildman–Crippen MR) is 122 cm³/mol. The lowest BCUT2D eigenvalue weighted by molar-refractivity contribution is -0.128. The second-order valence-corrected chi connectivity index (χ2v) is 8.66. The average molecular weight is 420 g/mol. The van der Waals surface area contributed by atoms with E-state index in [9.17, 15) is 9.59 Å². The SMILES string of the molecule is CCNC(=NCC(C)(C)C(=O)NC)NCCc1ccc(NC(=O)OC(C)(C)C)cc1. The van der Waals surface area contributed by atoms with Crippen LogP contribution < -0.4 is 21.3 Å². The summed E-state index contributed by atoms with van der Waals surface area (Å²) in [7, 11) is 1.63. The second kappa shape index (κ2) is 11.4. The van der Waals surface area contributed by atoms with Crippen molar-refractivity contribution in [1.29, 1.82) is 0 Å². The van der Waals surface area contributed by atoms with Crippen LogP contribution in [0.3, 0.4) is 0 Å². The minimum atomic E-state index is -0.575. The van der Waals surface area contributed by atoms with Gasteiger partial charge in [0.15, 0.2) is 5.96 Å². The summed E-state index contributed by atoms with van der Waals surface area (Å²) in [6, 6.07) is 7.63. The van der Waals surface area contributed by atoms with Crippen molar-refractivity contribution in [3.05, 3.63) is 29.8 Å². The first-order valence-corrected chi connectivity index (χ1v) is 10.3. The molecule has 168 valence electrons. The van der Waals surface area contributed by atoms with Gasteiger partial charge in [0.05, 0.1) is 12.0 Å². The number of hydrogen-bond donors (Lipinski definition) is 4. The Balaban J connectivity index is 2.56. The number of carbonyl (C=O) groups is 2. The van der Waals surface area contributed by atoms with Crippen LogP contribution in [0.5, 0.6) is 0 Å². The second-order valence-electron chi connectivity index (χ2n) is 8.66. The minimum Gasteiger partial charge on any atom is -0.444 e. The third-order valence-electron chi connectivity index (χ3n) is 4.12. The lowest BCUT2D eigenvalue weighted by Crippen LogP contribution is -2.41.